The molecule has 0 aromatic heterocycles. The summed E-state index contributed by atoms with van der Waals surface area (Å²) in [5.74, 6) is 0.687. The molecule has 1 aromatic carbocycles. The normalized spacial score (nSPS) is 16.1. The van der Waals surface area contributed by atoms with Gasteiger partial charge in [-0.05, 0) is 45.4 Å². The van der Waals surface area contributed by atoms with Crippen LogP contribution in [0.3, 0.4) is 0 Å². The van der Waals surface area contributed by atoms with Gasteiger partial charge >= 0.3 is 6.09 Å². The van der Waals surface area contributed by atoms with Gasteiger partial charge in [0.05, 0.1) is 12.2 Å². The third-order valence-electron chi connectivity index (χ3n) is 2.99. The lowest BCUT2D eigenvalue weighted by Gasteiger charge is -2.32. The van der Waals surface area contributed by atoms with Crippen molar-refractivity contribution in [3.63, 3.8) is 0 Å². The van der Waals surface area contributed by atoms with Crippen molar-refractivity contribution in [2.24, 2.45) is 5.73 Å². The molecule has 1 aromatic rings. The van der Waals surface area contributed by atoms with E-state index < -0.39 is 5.60 Å². The number of ether oxygens (including phenoxy) is 2. The third kappa shape index (κ3) is 3.22. The van der Waals surface area contributed by atoms with E-state index in [2.05, 4.69) is 0 Å². The summed E-state index contributed by atoms with van der Waals surface area (Å²) >= 11 is 0. The third-order valence-corrected chi connectivity index (χ3v) is 2.99. The molecule has 2 rings (SSSR count). The Morgan fingerprint density at radius 2 is 2.15 bits per heavy atom. The maximum absolute atomic E-state index is 12.3. The van der Waals surface area contributed by atoms with Gasteiger partial charge in [-0.15, -0.1) is 0 Å². The predicted molar refractivity (Wildman–Crippen MR) is 78.1 cm³/mol. The Kier molecular flexibility index (Phi) is 3.90. The summed E-state index contributed by atoms with van der Waals surface area (Å²) < 4.78 is 11.0. The standard InChI is InChI=1S/C15H22N2O3/c1-10(16)11-5-6-13-12(9-11)17(7-8-19-13)14(18)20-15(2,3)4/h5-6,9-10H,7-8,16H2,1-4H3. The summed E-state index contributed by atoms with van der Waals surface area (Å²) in [4.78, 5) is 13.9. The molecule has 0 fully saturated rings. The second-order valence-electron chi connectivity index (χ2n) is 6.00. The van der Waals surface area contributed by atoms with Gasteiger partial charge in [0.2, 0.25) is 0 Å². The first-order chi connectivity index (χ1) is 9.28. The van der Waals surface area contributed by atoms with Crippen molar-refractivity contribution in [3.8, 4) is 5.75 Å². The summed E-state index contributed by atoms with van der Waals surface area (Å²) in [6.45, 7) is 8.40. The number of carbonyl (C=O) groups is 1. The Bertz CT molecular complexity index is 506. The van der Waals surface area contributed by atoms with Crippen LogP contribution in [0.1, 0.15) is 39.3 Å². The molecule has 1 unspecified atom stereocenters. The quantitative estimate of drug-likeness (QED) is 0.858. The van der Waals surface area contributed by atoms with Gasteiger partial charge in [0.25, 0.3) is 0 Å². The highest BCUT2D eigenvalue weighted by atomic mass is 16.6. The largest absolute Gasteiger partial charge is 0.490 e. The van der Waals surface area contributed by atoms with Crippen LogP contribution in [-0.2, 0) is 4.74 Å². The lowest BCUT2D eigenvalue weighted by atomic mass is 10.1. The molecule has 1 heterocycles. The lowest BCUT2D eigenvalue weighted by Crippen LogP contribution is -2.41. The van der Waals surface area contributed by atoms with Crippen LogP contribution in [0.2, 0.25) is 0 Å². The van der Waals surface area contributed by atoms with E-state index in [1.807, 2.05) is 45.9 Å². The van der Waals surface area contributed by atoms with Gasteiger partial charge in [-0.3, -0.25) is 4.90 Å². The molecule has 110 valence electrons. The molecule has 1 atom stereocenters. The monoisotopic (exact) mass is 278 g/mol. The lowest BCUT2D eigenvalue weighted by molar-refractivity contribution is 0.0568. The fourth-order valence-corrected chi connectivity index (χ4v) is 2.02. The molecular weight excluding hydrogens is 256 g/mol. The topological polar surface area (TPSA) is 64.8 Å². The highest BCUT2D eigenvalue weighted by molar-refractivity contribution is 5.90. The van der Waals surface area contributed by atoms with Crippen LogP contribution < -0.4 is 15.4 Å². The van der Waals surface area contributed by atoms with Crippen molar-refractivity contribution in [2.75, 3.05) is 18.1 Å². The molecule has 5 nitrogen and oxygen atoms in total. The van der Waals surface area contributed by atoms with Crippen LogP contribution in [0.15, 0.2) is 18.2 Å². The summed E-state index contributed by atoms with van der Waals surface area (Å²) in [7, 11) is 0. The van der Waals surface area contributed by atoms with Crippen molar-refractivity contribution in [1.29, 1.82) is 0 Å². The summed E-state index contributed by atoms with van der Waals surface area (Å²) in [6.07, 6.45) is -0.358. The Hall–Kier alpha value is -1.75. The predicted octanol–water partition coefficient (Wildman–Crippen LogP) is 2.84. The Morgan fingerprint density at radius 1 is 1.45 bits per heavy atom. The van der Waals surface area contributed by atoms with E-state index in [1.54, 1.807) is 4.90 Å². The van der Waals surface area contributed by atoms with Gasteiger partial charge in [-0.1, -0.05) is 6.07 Å². The van der Waals surface area contributed by atoms with E-state index in [4.69, 9.17) is 15.2 Å². The van der Waals surface area contributed by atoms with E-state index in [9.17, 15) is 4.79 Å². The zero-order valence-electron chi connectivity index (χ0n) is 12.5. The summed E-state index contributed by atoms with van der Waals surface area (Å²) in [5, 5.41) is 0. The maximum atomic E-state index is 12.3. The minimum Gasteiger partial charge on any atom is -0.490 e. The number of amides is 1. The molecule has 0 spiro atoms. The van der Waals surface area contributed by atoms with Crippen molar-refractivity contribution in [1.82, 2.24) is 0 Å². The molecule has 1 aliphatic rings. The SMILES string of the molecule is CC(N)c1ccc2c(c1)N(C(=O)OC(C)(C)C)CCO2. The highest BCUT2D eigenvalue weighted by Gasteiger charge is 2.28. The van der Waals surface area contributed by atoms with Gasteiger partial charge in [-0.25, -0.2) is 4.79 Å². The van der Waals surface area contributed by atoms with Crippen LogP contribution in [0.25, 0.3) is 0 Å². The first-order valence-corrected chi connectivity index (χ1v) is 6.81. The molecular formula is C15H22N2O3. The minimum atomic E-state index is -0.520. The zero-order chi connectivity index (χ0) is 14.9. The van der Waals surface area contributed by atoms with Crippen LogP contribution in [0, 0.1) is 0 Å². The maximum Gasteiger partial charge on any atom is 0.415 e. The molecule has 20 heavy (non-hydrogen) atoms. The van der Waals surface area contributed by atoms with Gasteiger partial charge in [0.15, 0.2) is 0 Å². The molecule has 1 aliphatic heterocycles. The second-order valence-corrected chi connectivity index (χ2v) is 6.00. The molecule has 2 N–H and O–H groups in total. The number of rotatable bonds is 1. The molecule has 5 heteroatoms. The van der Waals surface area contributed by atoms with E-state index in [1.165, 1.54) is 0 Å². The van der Waals surface area contributed by atoms with Gasteiger partial charge in [0.1, 0.15) is 18.0 Å². The van der Waals surface area contributed by atoms with Gasteiger partial charge < -0.3 is 15.2 Å². The Morgan fingerprint density at radius 3 is 2.75 bits per heavy atom. The smallest absolute Gasteiger partial charge is 0.415 e. The van der Waals surface area contributed by atoms with E-state index in [0.717, 1.165) is 11.3 Å². The van der Waals surface area contributed by atoms with E-state index >= 15 is 0 Å². The molecule has 0 saturated heterocycles. The fourth-order valence-electron chi connectivity index (χ4n) is 2.02. The van der Waals surface area contributed by atoms with Crippen molar-refractivity contribution >= 4 is 11.8 Å². The number of nitrogens with zero attached hydrogens (tertiary/aromatic N) is 1. The molecule has 0 radical (unpaired) electrons. The number of benzene rings is 1. The van der Waals surface area contributed by atoms with E-state index in [0.29, 0.717) is 18.9 Å². The van der Waals surface area contributed by atoms with Crippen LogP contribution >= 0.6 is 0 Å². The Balaban J connectivity index is 2.31. The molecule has 1 amide bonds. The van der Waals surface area contributed by atoms with Crippen molar-refractivity contribution in [2.45, 2.75) is 39.3 Å². The first-order valence-electron chi connectivity index (χ1n) is 6.81. The number of hydrogen-bond acceptors (Lipinski definition) is 4. The zero-order valence-corrected chi connectivity index (χ0v) is 12.5. The molecule has 0 saturated carbocycles. The van der Waals surface area contributed by atoms with E-state index in [-0.39, 0.29) is 12.1 Å². The number of hydrogen-bond donors (Lipinski definition) is 1. The summed E-state index contributed by atoms with van der Waals surface area (Å²) in [6, 6.07) is 5.57. The number of carbonyl (C=O) groups excluding carboxylic acids is 1. The van der Waals surface area contributed by atoms with Crippen LogP contribution in [0.5, 0.6) is 5.75 Å². The summed E-state index contributed by atoms with van der Waals surface area (Å²) in [5.41, 5.74) is 7.06. The average Bonchev–Trinajstić information content (AvgIpc) is 2.35. The number of fused-ring (bicyclic) bond motifs is 1. The minimum absolute atomic E-state index is 0.0947. The average molecular weight is 278 g/mol. The van der Waals surface area contributed by atoms with Gasteiger partial charge in [0, 0.05) is 6.04 Å². The number of anilines is 1. The molecule has 0 bridgehead atoms. The van der Waals surface area contributed by atoms with Crippen LogP contribution in [0.4, 0.5) is 10.5 Å². The second kappa shape index (κ2) is 5.32. The number of nitrogens with two attached hydrogens (primary N) is 1. The Labute approximate surface area is 119 Å². The highest BCUT2D eigenvalue weighted by Crippen LogP contribution is 2.34. The molecule has 0 aliphatic carbocycles. The fraction of sp³-hybridized carbons (Fsp3) is 0.533. The van der Waals surface area contributed by atoms with Crippen molar-refractivity contribution < 1.29 is 14.3 Å². The van der Waals surface area contributed by atoms with Crippen molar-refractivity contribution in [3.05, 3.63) is 23.8 Å². The van der Waals surface area contributed by atoms with Gasteiger partial charge in [-0.2, -0.15) is 0 Å². The van der Waals surface area contributed by atoms with Crippen LogP contribution in [-0.4, -0.2) is 24.8 Å². The first kappa shape index (κ1) is 14.7.